The van der Waals surface area contributed by atoms with Gasteiger partial charge >= 0.3 is 0 Å². The number of hydrogen-bond acceptors (Lipinski definition) is 7. The number of nitrogen functional groups attached to an aromatic ring is 2. The molecule has 0 aliphatic carbocycles. The number of nitrogens with zero attached hydrogens (tertiary/aromatic N) is 2. The Morgan fingerprint density at radius 2 is 1.60 bits per heavy atom. The van der Waals surface area contributed by atoms with Crippen molar-refractivity contribution in [1.82, 2.24) is 9.97 Å². The van der Waals surface area contributed by atoms with E-state index in [0.717, 1.165) is 16.8 Å². The summed E-state index contributed by atoms with van der Waals surface area (Å²) in [6.07, 6.45) is 3.91. The summed E-state index contributed by atoms with van der Waals surface area (Å²) in [5.74, 6) is 2.40. The molecule has 134 valence electrons. The van der Waals surface area contributed by atoms with Gasteiger partial charge in [0.25, 0.3) is 0 Å². The van der Waals surface area contributed by atoms with Crippen LogP contribution in [-0.4, -0.2) is 31.3 Å². The molecule has 0 saturated carbocycles. The number of ether oxygens (including phenoxy) is 3. The van der Waals surface area contributed by atoms with Gasteiger partial charge in [0.15, 0.2) is 11.5 Å². The summed E-state index contributed by atoms with van der Waals surface area (Å²) in [5, 5.41) is 0. The lowest BCUT2D eigenvalue weighted by atomic mass is 9.98. The molecule has 0 aliphatic rings. The zero-order chi connectivity index (χ0) is 18.6. The molecule has 25 heavy (non-hydrogen) atoms. The second-order valence-electron chi connectivity index (χ2n) is 5.57. The molecule has 1 aromatic carbocycles. The highest BCUT2D eigenvalue weighted by molar-refractivity contribution is 5.65. The third-order valence-electron chi connectivity index (χ3n) is 3.95. The molecule has 7 heteroatoms. The van der Waals surface area contributed by atoms with E-state index in [2.05, 4.69) is 16.9 Å². The fourth-order valence-electron chi connectivity index (χ4n) is 2.55. The number of anilines is 2. The molecule has 1 atom stereocenters. The number of aromatic nitrogens is 2. The molecule has 0 bridgehead atoms. The van der Waals surface area contributed by atoms with Crippen LogP contribution in [0.25, 0.3) is 6.08 Å². The van der Waals surface area contributed by atoms with Gasteiger partial charge in [0.2, 0.25) is 11.7 Å². The minimum atomic E-state index is 0.0741. The van der Waals surface area contributed by atoms with Crippen LogP contribution in [0.5, 0.6) is 17.2 Å². The molecule has 2 aromatic rings. The Labute approximate surface area is 147 Å². The van der Waals surface area contributed by atoms with E-state index in [1.165, 1.54) is 0 Å². The van der Waals surface area contributed by atoms with E-state index >= 15 is 0 Å². The van der Waals surface area contributed by atoms with E-state index in [0.29, 0.717) is 23.1 Å². The molecule has 0 saturated heterocycles. The van der Waals surface area contributed by atoms with Gasteiger partial charge in [0.05, 0.1) is 27.0 Å². The first-order valence-corrected chi connectivity index (χ1v) is 7.78. The van der Waals surface area contributed by atoms with Crippen molar-refractivity contribution in [3.05, 3.63) is 35.0 Å². The molecule has 2 rings (SSSR count). The van der Waals surface area contributed by atoms with Crippen molar-refractivity contribution in [1.29, 1.82) is 0 Å². The highest BCUT2D eigenvalue weighted by Gasteiger charge is 2.15. The summed E-state index contributed by atoms with van der Waals surface area (Å²) in [6, 6.07) is 3.85. The quantitative estimate of drug-likeness (QED) is 0.830. The molecule has 7 nitrogen and oxygen atoms in total. The number of nitrogens with two attached hydrogens (primary N) is 2. The number of methoxy groups -OCH3 is 3. The van der Waals surface area contributed by atoms with Gasteiger partial charge in [-0.2, -0.15) is 4.98 Å². The minimum absolute atomic E-state index is 0.0741. The maximum atomic E-state index is 5.94. The van der Waals surface area contributed by atoms with Crippen molar-refractivity contribution in [2.45, 2.75) is 19.8 Å². The number of allylic oxidation sites excluding steroid dienone is 1. The van der Waals surface area contributed by atoms with Crippen LogP contribution in [0.4, 0.5) is 11.8 Å². The lowest BCUT2D eigenvalue weighted by Crippen LogP contribution is -2.04. The van der Waals surface area contributed by atoms with Gasteiger partial charge in [-0.15, -0.1) is 0 Å². The second kappa shape index (κ2) is 7.74. The summed E-state index contributed by atoms with van der Waals surface area (Å²) in [7, 11) is 4.77. The molecule has 0 fully saturated rings. The first kappa shape index (κ1) is 18.4. The second-order valence-corrected chi connectivity index (χ2v) is 5.57. The summed E-state index contributed by atoms with van der Waals surface area (Å²) in [5.41, 5.74) is 14.0. The maximum Gasteiger partial charge on any atom is 0.222 e. The standard InChI is InChI=1S/C18H24N4O3/c1-10(6-7-13-11(2)21-18(20)22-17(13)19)12-8-14(23-3)16(25-5)15(9-12)24-4/h6-10H,1-5H3,(H4,19,20,21,22). The van der Waals surface area contributed by atoms with Gasteiger partial charge in [-0.3, -0.25) is 0 Å². The topological polar surface area (TPSA) is 106 Å². The minimum Gasteiger partial charge on any atom is -0.493 e. The van der Waals surface area contributed by atoms with E-state index in [9.17, 15) is 0 Å². The average Bonchev–Trinajstić information content (AvgIpc) is 2.59. The van der Waals surface area contributed by atoms with E-state index in [-0.39, 0.29) is 11.9 Å². The number of rotatable bonds is 6. The summed E-state index contributed by atoms with van der Waals surface area (Å²) < 4.78 is 16.2. The fraction of sp³-hybridized carbons (Fsp3) is 0.333. The van der Waals surface area contributed by atoms with Crippen LogP contribution in [0, 0.1) is 6.92 Å². The van der Waals surface area contributed by atoms with Gasteiger partial charge in [0.1, 0.15) is 5.82 Å². The predicted octanol–water partition coefficient (Wildman–Crippen LogP) is 2.79. The van der Waals surface area contributed by atoms with Crippen molar-refractivity contribution in [3.8, 4) is 17.2 Å². The van der Waals surface area contributed by atoms with Crippen molar-refractivity contribution in [2.24, 2.45) is 0 Å². The first-order valence-electron chi connectivity index (χ1n) is 7.78. The van der Waals surface area contributed by atoms with E-state index in [4.69, 9.17) is 25.7 Å². The van der Waals surface area contributed by atoms with Crippen LogP contribution in [0.1, 0.15) is 29.7 Å². The molecule has 0 spiro atoms. The van der Waals surface area contributed by atoms with E-state index in [1.54, 1.807) is 21.3 Å². The SMILES string of the molecule is COc1cc(C(C)C=Cc2c(C)nc(N)nc2N)cc(OC)c1OC. The van der Waals surface area contributed by atoms with Gasteiger partial charge in [-0.05, 0) is 30.5 Å². The predicted molar refractivity (Wildman–Crippen MR) is 99.1 cm³/mol. The molecule has 1 unspecified atom stereocenters. The Kier molecular flexibility index (Phi) is 5.69. The molecular weight excluding hydrogens is 320 g/mol. The summed E-state index contributed by atoms with van der Waals surface area (Å²) in [6.45, 7) is 3.90. The zero-order valence-corrected chi connectivity index (χ0v) is 15.2. The summed E-state index contributed by atoms with van der Waals surface area (Å²) in [4.78, 5) is 8.14. The number of hydrogen-bond donors (Lipinski definition) is 2. The Bertz CT molecular complexity index is 742. The lowest BCUT2D eigenvalue weighted by molar-refractivity contribution is 0.323. The van der Waals surface area contributed by atoms with E-state index in [1.807, 2.05) is 31.2 Å². The smallest absolute Gasteiger partial charge is 0.222 e. The van der Waals surface area contributed by atoms with Crippen molar-refractivity contribution in [2.75, 3.05) is 32.8 Å². The summed E-state index contributed by atoms with van der Waals surface area (Å²) >= 11 is 0. The van der Waals surface area contributed by atoms with Gasteiger partial charge in [-0.1, -0.05) is 19.1 Å². The van der Waals surface area contributed by atoms with Crippen molar-refractivity contribution < 1.29 is 14.2 Å². The monoisotopic (exact) mass is 344 g/mol. The largest absolute Gasteiger partial charge is 0.493 e. The van der Waals surface area contributed by atoms with Crippen molar-refractivity contribution >= 4 is 17.8 Å². The third-order valence-corrected chi connectivity index (χ3v) is 3.95. The average molecular weight is 344 g/mol. The third kappa shape index (κ3) is 3.93. The van der Waals surface area contributed by atoms with Crippen LogP contribution in [0.2, 0.25) is 0 Å². The lowest BCUT2D eigenvalue weighted by Gasteiger charge is -2.16. The zero-order valence-electron chi connectivity index (χ0n) is 15.2. The molecule has 0 amide bonds. The van der Waals surface area contributed by atoms with Crippen molar-refractivity contribution in [3.63, 3.8) is 0 Å². The van der Waals surface area contributed by atoms with Gasteiger partial charge in [0, 0.05) is 5.56 Å². The van der Waals surface area contributed by atoms with Crippen LogP contribution >= 0.6 is 0 Å². The first-order chi connectivity index (χ1) is 11.9. The molecule has 1 aromatic heterocycles. The highest BCUT2D eigenvalue weighted by Crippen LogP contribution is 2.40. The number of aryl methyl sites for hydroxylation is 1. The molecular formula is C18H24N4O3. The van der Waals surface area contributed by atoms with Crippen LogP contribution in [0.15, 0.2) is 18.2 Å². The van der Waals surface area contributed by atoms with Crippen LogP contribution in [0.3, 0.4) is 0 Å². The molecule has 0 radical (unpaired) electrons. The molecule has 4 N–H and O–H groups in total. The fourth-order valence-corrected chi connectivity index (χ4v) is 2.55. The van der Waals surface area contributed by atoms with E-state index < -0.39 is 0 Å². The van der Waals surface area contributed by atoms with Gasteiger partial charge < -0.3 is 25.7 Å². The Morgan fingerprint density at radius 3 is 2.08 bits per heavy atom. The van der Waals surface area contributed by atoms with Crippen LogP contribution in [-0.2, 0) is 0 Å². The normalized spacial score (nSPS) is 12.2. The molecule has 0 aliphatic heterocycles. The molecule has 1 heterocycles. The van der Waals surface area contributed by atoms with Crippen LogP contribution < -0.4 is 25.7 Å². The highest BCUT2D eigenvalue weighted by atomic mass is 16.5. The maximum absolute atomic E-state index is 5.94. The Morgan fingerprint density at radius 1 is 1.00 bits per heavy atom. The Balaban J connectivity index is 2.37. The Hall–Kier alpha value is -2.96. The number of benzene rings is 1. The van der Waals surface area contributed by atoms with Gasteiger partial charge in [-0.25, -0.2) is 4.98 Å².